The van der Waals surface area contributed by atoms with Crippen molar-refractivity contribution in [1.82, 2.24) is 0 Å². The molecule has 0 aliphatic heterocycles. The van der Waals surface area contributed by atoms with Crippen LogP contribution in [0.1, 0.15) is 43.2 Å². The van der Waals surface area contributed by atoms with Gasteiger partial charge in [0.05, 0.1) is 12.0 Å². The van der Waals surface area contributed by atoms with Crippen LogP contribution in [-0.2, 0) is 15.6 Å². The van der Waals surface area contributed by atoms with Crippen molar-refractivity contribution in [2.24, 2.45) is 0 Å². The molecular formula is C15H18O3. The third-order valence-corrected chi connectivity index (χ3v) is 4.80. The summed E-state index contributed by atoms with van der Waals surface area (Å²) in [4.78, 5) is 11.5. The van der Waals surface area contributed by atoms with Gasteiger partial charge in [-0.3, -0.25) is 4.79 Å². The molecule has 2 aliphatic carbocycles. The fourth-order valence-electron chi connectivity index (χ4n) is 2.99. The molecule has 0 atom stereocenters. The number of carboxylic acid groups (broad SMARTS) is 1. The van der Waals surface area contributed by atoms with Crippen LogP contribution >= 0.6 is 0 Å². The molecule has 2 N–H and O–H groups in total. The van der Waals surface area contributed by atoms with Crippen LogP contribution < -0.4 is 0 Å². The standard InChI is InChI=1S/C15H18O3/c16-10-14(7-8-14)11-3-1-4-12(9-11)15(13(17)18)5-2-6-15/h1,3-4,9,16H,2,5-8,10H2,(H,17,18). The lowest BCUT2D eigenvalue weighted by molar-refractivity contribution is -0.147. The second-order valence-electron chi connectivity index (χ2n) is 5.76. The summed E-state index contributed by atoms with van der Waals surface area (Å²) in [5.74, 6) is -0.709. The summed E-state index contributed by atoms with van der Waals surface area (Å²) in [6.45, 7) is 0.163. The third-order valence-electron chi connectivity index (χ3n) is 4.80. The van der Waals surface area contributed by atoms with Gasteiger partial charge >= 0.3 is 5.97 Å². The summed E-state index contributed by atoms with van der Waals surface area (Å²) in [6.07, 6.45) is 4.47. The van der Waals surface area contributed by atoms with E-state index in [0.29, 0.717) is 0 Å². The first kappa shape index (κ1) is 11.7. The minimum Gasteiger partial charge on any atom is -0.481 e. The van der Waals surface area contributed by atoms with E-state index < -0.39 is 11.4 Å². The minimum atomic E-state index is -0.709. The molecule has 3 nitrogen and oxygen atoms in total. The van der Waals surface area contributed by atoms with Crippen LogP contribution in [0, 0.1) is 0 Å². The van der Waals surface area contributed by atoms with E-state index in [1.54, 1.807) is 0 Å². The van der Waals surface area contributed by atoms with Gasteiger partial charge in [-0.05, 0) is 36.8 Å². The van der Waals surface area contributed by atoms with E-state index in [4.69, 9.17) is 0 Å². The van der Waals surface area contributed by atoms with Crippen molar-refractivity contribution in [3.8, 4) is 0 Å². The Morgan fingerprint density at radius 2 is 1.83 bits per heavy atom. The lowest BCUT2D eigenvalue weighted by Crippen LogP contribution is -2.42. The Morgan fingerprint density at radius 1 is 1.17 bits per heavy atom. The zero-order chi connectivity index (χ0) is 12.8. The monoisotopic (exact) mass is 246 g/mol. The summed E-state index contributed by atoms with van der Waals surface area (Å²) in [5.41, 5.74) is 1.27. The van der Waals surface area contributed by atoms with Gasteiger partial charge in [0.15, 0.2) is 0 Å². The molecule has 0 amide bonds. The lowest BCUT2D eigenvalue weighted by atomic mass is 9.64. The topological polar surface area (TPSA) is 57.5 Å². The van der Waals surface area contributed by atoms with Gasteiger partial charge in [-0.2, -0.15) is 0 Å². The largest absolute Gasteiger partial charge is 0.481 e. The smallest absolute Gasteiger partial charge is 0.314 e. The van der Waals surface area contributed by atoms with Crippen LogP contribution in [0.25, 0.3) is 0 Å². The second kappa shape index (κ2) is 3.82. The van der Waals surface area contributed by atoms with Gasteiger partial charge in [-0.25, -0.2) is 0 Å². The third kappa shape index (κ3) is 1.50. The van der Waals surface area contributed by atoms with E-state index >= 15 is 0 Å². The highest BCUT2D eigenvalue weighted by molar-refractivity contribution is 5.82. The highest BCUT2D eigenvalue weighted by Gasteiger charge is 2.48. The first-order valence-corrected chi connectivity index (χ1v) is 6.58. The summed E-state index contributed by atoms with van der Waals surface area (Å²) in [7, 11) is 0. The van der Waals surface area contributed by atoms with Gasteiger partial charge in [-0.15, -0.1) is 0 Å². The van der Waals surface area contributed by atoms with Crippen molar-refractivity contribution in [3.05, 3.63) is 35.4 Å². The first-order valence-electron chi connectivity index (χ1n) is 6.58. The zero-order valence-electron chi connectivity index (χ0n) is 10.4. The summed E-state index contributed by atoms with van der Waals surface area (Å²) < 4.78 is 0. The van der Waals surface area contributed by atoms with Crippen LogP contribution in [-0.4, -0.2) is 22.8 Å². The van der Waals surface area contributed by atoms with E-state index in [1.165, 1.54) is 0 Å². The molecular weight excluding hydrogens is 228 g/mol. The van der Waals surface area contributed by atoms with Crippen LogP contribution in [0.2, 0.25) is 0 Å². The molecule has 2 aliphatic rings. The second-order valence-corrected chi connectivity index (χ2v) is 5.76. The molecule has 0 spiro atoms. The van der Waals surface area contributed by atoms with Gasteiger partial charge in [0.1, 0.15) is 0 Å². The van der Waals surface area contributed by atoms with Crippen molar-refractivity contribution < 1.29 is 15.0 Å². The first-order chi connectivity index (χ1) is 8.63. The Morgan fingerprint density at radius 3 is 2.28 bits per heavy atom. The van der Waals surface area contributed by atoms with Gasteiger partial charge in [-0.1, -0.05) is 30.7 Å². The van der Waals surface area contributed by atoms with Crippen molar-refractivity contribution >= 4 is 5.97 Å². The van der Waals surface area contributed by atoms with Crippen molar-refractivity contribution in [1.29, 1.82) is 0 Å². The molecule has 1 aromatic carbocycles. The van der Waals surface area contributed by atoms with Crippen molar-refractivity contribution in [2.75, 3.05) is 6.61 Å². The molecule has 0 bridgehead atoms. The van der Waals surface area contributed by atoms with Crippen LogP contribution in [0.3, 0.4) is 0 Å². The molecule has 2 fully saturated rings. The number of hydrogen-bond donors (Lipinski definition) is 2. The number of rotatable bonds is 4. The highest BCUT2D eigenvalue weighted by atomic mass is 16.4. The molecule has 0 aromatic heterocycles. The van der Waals surface area contributed by atoms with E-state index in [9.17, 15) is 15.0 Å². The molecule has 96 valence electrons. The molecule has 2 saturated carbocycles. The van der Waals surface area contributed by atoms with E-state index in [2.05, 4.69) is 0 Å². The van der Waals surface area contributed by atoms with Crippen LogP contribution in [0.4, 0.5) is 0 Å². The number of carbonyl (C=O) groups is 1. The molecule has 0 radical (unpaired) electrons. The van der Waals surface area contributed by atoms with E-state index in [1.807, 2.05) is 24.3 Å². The Bertz CT molecular complexity index is 484. The molecule has 0 saturated heterocycles. The Labute approximate surface area is 106 Å². The van der Waals surface area contributed by atoms with Crippen LogP contribution in [0.15, 0.2) is 24.3 Å². The van der Waals surface area contributed by atoms with Crippen molar-refractivity contribution in [3.63, 3.8) is 0 Å². The molecule has 0 unspecified atom stereocenters. The zero-order valence-corrected chi connectivity index (χ0v) is 10.4. The predicted octanol–water partition coefficient (Wildman–Crippen LogP) is 2.22. The number of aliphatic carboxylic acids is 1. The maximum absolute atomic E-state index is 11.5. The Hall–Kier alpha value is -1.35. The number of hydrogen-bond acceptors (Lipinski definition) is 2. The lowest BCUT2D eigenvalue weighted by Gasteiger charge is -2.38. The quantitative estimate of drug-likeness (QED) is 0.856. The summed E-state index contributed by atoms with van der Waals surface area (Å²) in [5, 5.41) is 18.9. The SMILES string of the molecule is O=C(O)C1(c2cccc(C3(CO)CC3)c2)CCC1. The van der Waals surface area contributed by atoms with E-state index in [-0.39, 0.29) is 12.0 Å². The molecule has 3 heteroatoms. The average Bonchev–Trinajstić information content (AvgIpc) is 3.08. The number of aliphatic hydroxyl groups excluding tert-OH is 1. The Kier molecular flexibility index (Phi) is 2.49. The Balaban J connectivity index is 1.99. The molecule has 3 rings (SSSR count). The van der Waals surface area contributed by atoms with Gasteiger partial charge in [0.25, 0.3) is 0 Å². The van der Waals surface area contributed by atoms with Crippen molar-refractivity contribution in [2.45, 2.75) is 42.9 Å². The van der Waals surface area contributed by atoms with E-state index in [0.717, 1.165) is 43.2 Å². The van der Waals surface area contributed by atoms with Gasteiger partial charge in [0, 0.05) is 5.41 Å². The molecule has 1 aromatic rings. The highest BCUT2D eigenvalue weighted by Crippen LogP contribution is 2.50. The maximum Gasteiger partial charge on any atom is 0.314 e. The fourth-order valence-corrected chi connectivity index (χ4v) is 2.99. The number of benzene rings is 1. The maximum atomic E-state index is 11.5. The predicted molar refractivity (Wildman–Crippen MR) is 67.6 cm³/mol. The normalized spacial score (nSPS) is 23.2. The van der Waals surface area contributed by atoms with Gasteiger partial charge in [0.2, 0.25) is 0 Å². The van der Waals surface area contributed by atoms with Gasteiger partial charge < -0.3 is 10.2 Å². The summed E-state index contributed by atoms with van der Waals surface area (Å²) >= 11 is 0. The fraction of sp³-hybridized carbons (Fsp3) is 0.533. The molecule has 18 heavy (non-hydrogen) atoms. The molecule has 0 heterocycles. The van der Waals surface area contributed by atoms with Crippen LogP contribution in [0.5, 0.6) is 0 Å². The average molecular weight is 246 g/mol. The minimum absolute atomic E-state index is 0.0839. The summed E-state index contributed by atoms with van der Waals surface area (Å²) in [6, 6.07) is 7.88. The number of carboxylic acids is 1. The number of aliphatic hydroxyl groups is 1.